The molecule has 8 nitrogen and oxygen atoms in total. The van der Waals surface area contributed by atoms with Crippen molar-refractivity contribution in [2.24, 2.45) is 5.16 Å². The van der Waals surface area contributed by atoms with Gasteiger partial charge < -0.3 is 15.5 Å². The molecule has 9 heteroatoms. The summed E-state index contributed by atoms with van der Waals surface area (Å²) in [6.45, 7) is 2.48. The van der Waals surface area contributed by atoms with Gasteiger partial charge in [0.15, 0.2) is 5.82 Å². The molecule has 1 aliphatic heterocycles. The number of hydrogen-bond acceptors (Lipinski definition) is 7. The van der Waals surface area contributed by atoms with E-state index in [1.54, 1.807) is 0 Å². The van der Waals surface area contributed by atoms with Crippen molar-refractivity contribution in [3.05, 3.63) is 58.4 Å². The molecule has 1 saturated carbocycles. The summed E-state index contributed by atoms with van der Waals surface area (Å²) >= 11 is 6.07. The molecule has 3 N–H and O–H groups in total. The van der Waals surface area contributed by atoms with E-state index in [0.717, 1.165) is 22.8 Å². The molecule has 1 aliphatic carbocycles. The Morgan fingerprint density at radius 3 is 2.90 bits per heavy atom. The first-order valence-electron chi connectivity index (χ1n) is 10.0. The van der Waals surface area contributed by atoms with Gasteiger partial charge in [-0.2, -0.15) is 10.1 Å². The maximum atomic E-state index is 6.07. The van der Waals surface area contributed by atoms with Crippen LogP contribution in [-0.4, -0.2) is 38.5 Å². The molecule has 154 valence electrons. The zero-order chi connectivity index (χ0) is 20.5. The summed E-state index contributed by atoms with van der Waals surface area (Å²) < 4.78 is 0. The van der Waals surface area contributed by atoms with Crippen LogP contribution < -0.4 is 10.6 Å². The van der Waals surface area contributed by atoms with Crippen molar-refractivity contribution in [3.8, 4) is 0 Å². The topological polar surface area (TPSA) is 100 Å². The Morgan fingerprint density at radius 2 is 2.07 bits per heavy atom. The zero-order valence-electron chi connectivity index (χ0n) is 16.5. The Labute approximate surface area is 179 Å². The second kappa shape index (κ2) is 7.95. The van der Waals surface area contributed by atoms with Gasteiger partial charge in [-0.15, -0.1) is 0 Å². The molecule has 1 aromatic carbocycles. The summed E-state index contributed by atoms with van der Waals surface area (Å²) in [6, 6.07) is 11.6. The lowest BCUT2D eigenvalue weighted by Crippen LogP contribution is -2.21. The summed E-state index contributed by atoms with van der Waals surface area (Å²) in [4.78, 5) is 14.6. The Hall–Kier alpha value is -3.13. The van der Waals surface area contributed by atoms with Crippen LogP contribution in [0.2, 0.25) is 5.02 Å². The SMILES string of the molecule is Cc1cc(Nc2cc(C3CC3)[nH]n2)nc(NCC2CC(c3cccc(Cl)c3)=NO2)n1. The predicted molar refractivity (Wildman–Crippen MR) is 117 cm³/mol. The van der Waals surface area contributed by atoms with Crippen LogP contribution in [0.3, 0.4) is 0 Å². The van der Waals surface area contributed by atoms with Gasteiger partial charge in [0.05, 0.1) is 12.3 Å². The summed E-state index contributed by atoms with van der Waals surface area (Å²) in [6.07, 6.45) is 3.07. The first kappa shape index (κ1) is 18.9. The lowest BCUT2D eigenvalue weighted by Gasteiger charge is -2.11. The average molecular weight is 424 g/mol. The Morgan fingerprint density at radius 1 is 1.17 bits per heavy atom. The van der Waals surface area contributed by atoms with Gasteiger partial charge in [-0.25, -0.2) is 4.98 Å². The van der Waals surface area contributed by atoms with E-state index in [4.69, 9.17) is 16.4 Å². The minimum absolute atomic E-state index is 0.0908. The molecule has 2 aromatic heterocycles. The number of aromatic nitrogens is 4. The van der Waals surface area contributed by atoms with E-state index in [2.05, 4.69) is 36.0 Å². The fraction of sp³-hybridized carbons (Fsp3) is 0.333. The number of anilines is 3. The number of benzene rings is 1. The maximum Gasteiger partial charge on any atom is 0.224 e. The van der Waals surface area contributed by atoms with Gasteiger partial charge in [0.25, 0.3) is 0 Å². The van der Waals surface area contributed by atoms with E-state index >= 15 is 0 Å². The van der Waals surface area contributed by atoms with Gasteiger partial charge in [0.1, 0.15) is 11.9 Å². The van der Waals surface area contributed by atoms with E-state index in [-0.39, 0.29) is 6.10 Å². The van der Waals surface area contributed by atoms with Crippen molar-refractivity contribution in [2.75, 3.05) is 17.2 Å². The van der Waals surface area contributed by atoms with Gasteiger partial charge in [0.2, 0.25) is 5.95 Å². The lowest BCUT2D eigenvalue weighted by atomic mass is 10.1. The van der Waals surface area contributed by atoms with Crippen LogP contribution in [0.25, 0.3) is 0 Å². The van der Waals surface area contributed by atoms with Crippen LogP contribution in [0, 0.1) is 6.92 Å². The van der Waals surface area contributed by atoms with Gasteiger partial charge in [0, 0.05) is 46.4 Å². The highest BCUT2D eigenvalue weighted by molar-refractivity contribution is 6.31. The second-order valence-corrected chi connectivity index (χ2v) is 8.12. The monoisotopic (exact) mass is 423 g/mol. The molecule has 0 bridgehead atoms. The Bertz CT molecular complexity index is 1090. The smallest absolute Gasteiger partial charge is 0.224 e. The molecule has 2 aliphatic rings. The first-order chi connectivity index (χ1) is 14.6. The van der Waals surface area contributed by atoms with Crippen LogP contribution in [-0.2, 0) is 4.84 Å². The number of oxime groups is 1. The third-order valence-electron chi connectivity index (χ3n) is 5.10. The van der Waals surface area contributed by atoms with E-state index in [0.29, 0.717) is 35.7 Å². The second-order valence-electron chi connectivity index (χ2n) is 7.69. The van der Waals surface area contributed by atoms with E-state index < -0.39 is 0 Å². The normalized spacial score (nSPS) is 18.1. The van der Waals surface area contributed by atoms with Crippen molar-refractivity contribution < 1.29 is 4.84 Å². The number of nitrogens with zero attached hydrogens (tertiary/aromatic N) is 4. The summed E-state index contributed by atoms with van der Waals surface area (Å²) in [5, 5.41) is 18.8. The molecule has 3 heterocycles. The van der Waals surface area contributed by atoms with Crippen molar-refractivity contribution in [1.82, 2.24) is 20.2 Å². The van der Waals surface area contributed by atoms with Crippen LogP contribution in [0.5, 0.6) is 0 Å². The summed E-state index contributed by atoms with van der Waals surface area (Å²) in [5.41, 5.74) is 3.90. The summed E-state index contributed by atoms with van der Waals surface area (Å²) in [5.74, 6) is 2.62. The highest BCUT2D eigenvalue weighted by atomic mass is 35.5. The average Bonchev–Trinajstić information content (AvgIpc) is 3.28. The minimum Gasteiger partial charge on any atom is -0.390 e. The fourth-order valence-electron chi connectivity index (χ4n) is 3.43. The standard InChI is InChI=1S/C21H22ClN7O/c1-12-7-19(25-20-10-17(27-28-20)13-5-6-13)26-21(24-12)23-11-16-9-18(29-30-16)14-3-2-4-15(22)8-14/h2-4,7-8,10,13,16H,5-6,9,11H2,1H3,(H3,23,24,25,26,27,28). The molecule has 5 rings (SSSR count). The minimum atomic E-state index is -0.0908. The zero-order valence-corrected chi connectivity index (χ0v) is 17.3. The third-order valence-corrected chi connectivity index (χ3v) is 5.34. The van der Waals surface area contributed by atoms with Crippen LogP contribution in [0.1, 0.15) is 42.1 Å². The van der Waals surface area contributed by atoms with Crippen LogP contribution >= 0.6 is 11.6 Å². The van der Waals surface area contributed by atoms with Gasteiger partial charge >= 0.3 is 0 Å². The number of aryl methyl sites for hydroxylation is 1. The number of hydrogen-bond donors (Lipinski definition) is 3. The molecular formula is C21H22ClN7O. The van der Waals surface area contributed by atoms with Gasteiger partial charge in [-0.05, 0) is 31.9 Å². The maximum absolute atomic E-state index is 6.07. The molecule has 1 unspecified atom stereocenters. The summed E-state index contributed by atoms with van der Waals surface area (Å²) in [7, 11) is 0. The van der Waals surface area contributed by atoms with Gasteiger partial charge in [-0.3, -0.25) is 5.10 Å². The number of nitrogens with one attached hydrogen (secondary N) is 3. The van der Waals surface area contributed by atoms with Crippen molar-refractivity contribution in [1.29, 1.82) is 0 Å². The molecule has 3 aromatic rings. The molecule has 0 saturated heterocycles. The highest BCUT2D eigenvalue weighted by Crippen LogP contribution is 2.39. The van der Waals surface area contributed by atoms with E-state index in [9.17, 15) is 0 Å². The van der Waals surface area contributed by atoms with Crippen LogP contribution in [0.15, 0.2) is 41.6 Å². The largest absolute Gasteiger partial charge is 0.390 e. The van der Waals surface area contributed by atoms with E-state index in [1.165, 1.54) is 18.5 Å². The molecule has 0 spiro atoms. The number of halogens is 1. The molecule has 0 radical (unpaired) electrons. The fourth-order valence-corrected chi connectivity index (χ4v) is 3.62. The molecule has 1 fully saturated rings. The number of rotatable bonds is 7. The van der Waals surface area contributed by atoms with Crippen molar-refractivity contribution >= 4 is 34.9 Å². The van der Waals surface area contributed by atoms with Gasteiger partial charge in [-0.1, -0.05) is 28.9 Å². The lowest BCUT2D eigenvalue weighted by molar-refractivity contribution is 0.0948. The third kappa shape index (κ3) is 4.38. The first-order valence-corrected chi connectivity index (χ1v) is 10.4. The predicted octanol–water partition coefficient (Wildman–Crippen LogP) is 4.39. The van der Waals surface area contributed by atoms with Crippen LogP contribution in [0.4, 0.5) is 17.6 Å². The quantitative estimate of drug-likeness (QED) is 0.521. The Balaban J connectivity index is 1.19. The molecule has 0 amide bonds. The molecule has 1 atom stereocenters. The highest BCUT2D eigenvalue weighted by Gasteiger charge is 2.25. The molecular weight excluding hydrogens is 402 g/mol. The number of aromatic amines is 1. The molecule has 30 heavy (non-hydrogen) atoms. The Kier molecular flexibility index (Phi) is 5.00. The van der Waals surface area contributed by atoms with Crippen molar-refractivity contribution in [3.63, 3.8) is 0 Å². The van der Waals surface area contributed by atoms with E-state index in [1.807, 2.05) is 43.3 Å². The number of H-pyrrole nitrogens is 1. The van der Waals surface area contributed by atoms with Crippen molar-refractivity contribution in [2.45, 2.75) is 38.2 Å².